The molecule has 0 bridgehead atoms. The van der Waals surface area contributed by atoms with Crippen molar-refractivity contribution in [2.24, 2.45) is 0 Å². The highest BCUT2D eigenvalue weighted by Crippen LogP contribution is 2.31. The average Bonchev–Trinajstić information content (AvgIpc) is 2.71. The van der Waals surface area contributed by atoms with Gasteiger partial charge < -0.3 is 59.4 Å². The molecule has 12 heteroatoms. The van der Waals surface area contributed by atoms with Crippen LogP contribution < -0.4 is 0 Å². The van der Waals surface area contributed by atoms with E-state index in [0.717, 1.165) is 0 Å². The third-order valence-electron chi connectivity index (χ3n) is 5.30. The average molecular weight is 442 g/mol. The lowest BCUT2D eigenvalue weighted by Gasteiger charge is -2.47. The quantitative estimate of drug-likeness (QED) is 0.186. The van der Waals surface area contributed by atoms with Gasteiger partial charge in [0, 0.05) is 13.7 Å². The van der Waals surface area contributed by atoms with Crippen LogP contribution in [0.2, 0.25) is 0 Å². The minimum Gasteiger partial charge on any atom is -0.394 e. The van der Waals surface area contributed by atoms with Crippen molar-refractivity contribution in [3.05, 3.63) is 0 Å². The number of aliphatic hydroxyl groups is 7. The first-order valence-electron chi connectivity index (χ1n) is 9.81. The van der Waals surface area contributed by atoms with E-state index in [-0.39, 0.29) is 0 Å². The summed E-state index contributed by atoms with van der Waals surface area (Å²) >= 11 is 0. The minimum atomic E-state index is -1.71. The van der Waals surface area contributed by atoms with E-state index in [2.05, 4.69) is 0 Å². The van der Waals surface area contributed by atoms with Gasteiger partial charge in [0.15, 0.2) is 12.6 Å². The van der Waals surface area contributed by atoms with Crippen molar-refractivity contribution < 1.29 is 59.4 Å². The van der Waals surface area contributed by atoms with Crippen LogP contribution >= 0.6 is 0 Å². The van der Waals surface area contributed by atoms with E-state index < -0.39 is 80.2 Å². The molecule has 7 N–H and O–H groups in total. The van der Waals surface area contributed by atoms with Crippen LogP contribution in [0.4, 0.5) is 0 Å². The third-order valence-corrected chi connectivity index (χ3v) is 5.30. The third kappa shape index (κ3) is 5.85. The summed E-state index contributed by atoms with van der Waals surface area (Å²) in [5, 5.41) is 69.9. The predicted octanol–water partition coefficient (Wildman–Crippen LogP) is -3.56. The van der Waals surface area contributed by atoms with Gasteiger partial charge in [0.25, 0.3) is 0 Å². The van der Waals surface area contributed by atoms with Gasteiger partial charge in [0.05, 0.1) is 18.8 Å². The molecule has 0 aliphatic carbocycles. The highest BCUT2D eigenvalue weighted by Gasteiger charge is 2.51. The van der Waals surface area contributed by atoms with Crippen molar-refractivity contribution in [3.63, 3.8) is 0 Å². The van der Waals surface area contributed by atoms with E-state index in [1.807, 2.05) is 0 Å². The van der Waals surface area contributed by atoms with Crippen LogP contribution in [0, 0.1) is 0 Å². The van der Waals surface area contributed by atoms with E-state index in [1.165, 1.54) is 7.11 Å². The lowest BCUT2D eigenvalue weighted by Crippen LogP contribution is -2.65. The van der Waals surface area contributed by atoms with Crippen molar-refractivity contribution in [2.75, 3.05) is 26.9 Å². The second-order valence-electron chi connectivity index (χ2n) is 8.13. The SMILES string of the molecule is COCCC(C)(C)O[C@@H]1OC(CO)[C@@H](O[C@@H]2OC(CO)[C@H](O)C(O)C2O)C(O)C1O. The number of ether oxygens (including phenoxy) is 5. The van der Waals surface area contributed by atoms with Crippen LogP contribution in [0.15, 0.2) is 0 Å². The molecule has 2 saturated heterocycles. The summed E-state index contributed by atoms with van der Waals surface area (Å²) in [6.45, 7) is 2.61. The van der Waals surface area contributed by atoms with E-state index in [0.29, 0.717) is 13.0 Å². The summed E-state index contributed by atoms with van der Waals surface area (Å²) in [5.41, 5.74) is -0.771. The summed E-state index contributed by atoms with van der Waals surface area (Å²) in [7, 11) is 1.54. The Kier molecular flexibility index (Phi) is 9.36. The maximum Gasteiger partial charge on any atom is 0.187 e. The monoisotopic (exact) mass is 442 g/mol. The fourth-order valence-electron chi connectivity index (χ4n) is 3.37. The topological polar surface area (TPSA) is 188 Å². The van der Waals surface area contributed by atoms with Crippen molar-refractivity contribution >= 4 is 0 Å². The fraction of sp³-hybridized carbons (Fsp3) is 1.00. The van der Waals surface area contributed by atoms with Crippen LogP contribution in [0.1, 0.15) is 20.3 Å². The summed E-state index contributed by atoms with van der Waals surface area (Å²) in [6, 6.07) is 0. The molecule has 2 aliphatic rings. The van der Waals surface area contributed by atoms with Crippen molar-refractivity contribution in [2.45, 2.75) is 87.3 Å². The molecule has 0 amide bonds. The molecule has 0 radical (unpaired) electrons. The van der Waals surface area contributed by atoms with Crippen LogP contribution in [0.3, 0.4) is 0 Å². The summed E-state index contributed by atoms with van der Waals surface area (Å²) in [4.78, 5) is 0. The Bertz CT molecular complexity index is 515. The molecular weight excluding hydrogens is 408 g/mol. The van der Waals surface area contributed by atoms with Gasteiger partial charge in [-0.1, -0.05) is 0 Å². The number of hydrogen-bond acceptors (Lipinski definition) is 12. The molecule has 2 heterocycles. The minimum absolute atomic E-state index is 0.393. The molecule has 0 aromatic carbocycles. The molecule has 0 spiro atoms. The first-order valence-corrected chi connectivity index (χ1v) is 9.81. The largest absolute Gasteiger partial charge is 0.394 e. The Morgan fingerprint density at radius 3 is 1.90 bits per heavy atom. The zero-order valence-electron chi connectivity index (χ0n) is 17.3. The van der Waals surface area contributed by atoms with Gasteiger partial charge in [-0.25, -0.2) is 0 Å². The molecule has 0 saturated carbocycles. The van der Waals surface area contributed by atoms with Crippen molar-refractivity contribution in [3.8, 4) is 0 Å². The van der Waals surface area contributed by atoms with Gasteiger partial charge in [0.2, 0.25) is 0 Å². The maximum atomic E-state index is 10.6. The lowest BCUT2D eigenvalue weighted by atomic mass is 9.96. The second-order valence-corrected chi connectivity index (χ2v) is 8.13. The molecule has 30 heavy (non-hydrogen) atoms. The predicted molar refractivity (Wildman–Crippen MR) is 98.1 cm³/mol. The maximum absolute atomic E-state index is 10.6. The van der Waals surface area contributed by atoms with Gasteiger partial charge in [-0.05, 0) is 20.3 Å². The Hall–Kier alpha value is -0.480. The van der Waals surface area contributed by atoms with Gasteiger partial charge >= 0.3 is 0 Å². The Labute approximate surface area is 174 Å². The van der Waals surface area contributed by atoms with Crippen LogP contribution in [0.5, 0.6) is 0 Å². The Morgan fingerprint density at radius 1 is 0.767 bits per heavy atom. The normalized spacial score (nSPS) is 43.0. The molecule has 178 valence electrons. The highest BCUT2D eigenvalue weighted by molar-refractivity contribution is 4.94. The Morgan fingerprint density at radius 2 is 1.33 bits per heavy atom. The number of methoxy groups -OCH3 is 1. The zero-order valence-corrected chi connectivity index (χ0v) is 17.3. The zero-order chi connectivity index (χ0) is 22.6. The molecule has 0 aromatic heterocycles. The molecule has 2 rings (SSSR count). The second kappa shape index (κ2) is 10.9. The molecule has 2 fully saturated rings. The number of rotatable bonds is 9. The van der Waals surface area contributed by atoms with E-state index in [9.17, 15) is 35.7 Å². The summed E-state index contributed by atoms with van der Waals surface area (Å²) in [6.07, 6.45) is -14.3. The van der Waals surface area contributed by atoms with E-state index in [4.69, 9.17) is 23.7 Å². The van der Waals surface area contributed by atoms with Crippen LogP contribution in [-0.4, -0.2) is 130 Å². The van der Waals surface area contributed by atoms with Gasteiger partial charge in [-0.15, -0.1) is 0 Å². The first-order chi connectivity index (χ1) is 14.1. The van der Waals surface area contributed by atoms with Crippen molar-refractivity contribution in [1.29, 1.82) is 0 Å². The van der Waals surface area contributed by atoms with Gasteiger partial charge in [-0.3, -0.25) is 0 Å². The smallest absolute Gasteiger partial charge is 0.187 e. The number of hydrogen-bond donors (Lipinski definition) is 7. The fourth-order valence-corrected chi connectivity index (χ4v) is 3.37. The first kappa shape index (κ1) is 25.8. The van der Waals surface area contributed by atoms with E-state index >= 15 is 0 Å². The van der Waals surface area contributed by atoms with Crippen LogP contribution in [0.25, 0.3) is 0 Å². The van der Waals surface area contributed by atoms with Crippen molar-refractivity contribution in [1.82, 2.24) is 0 Å². The molecule has 10 atom stereocenters. The molecule has 2 aliphatic heterocycles. The highest BCUT2D eigenvalue weighted by atomic mass is 16.7. The molecular formula is C18H34O12. The molecule has 12 nitrogen and oxygen atoms in total. The standard InChI is InChI=1S/C18H34O12/c1-18(2,4-5-26-3)30-17-14(25)12(23)15(9(7-20)28-17)29-16-13(24)11(22)10(21)8(6-19)27-16/h8-17,19-25H,4-7H2,1-3H3/t8?,9?,10-,11?,12?,13?,14?,15+,16-,17-/m0/s1. The molecule has 0 aromatic rings. The lowest BCUT2D eigenvalue weighted by molar-refractivity contribution is -0.367. The van der Waals surface area contributed by atoms with Gasteiger partial charge in [0.1, 0.15) is 48.8 Å². The molecule has 6 unspecified atom stereocenters. The summed E-state index contributed by atoms with van der Waals surface area (Å²) in [5.74, 6) is 0. The van der Waals surface area contributed by atoms with Crippen LogP contribution in [-0.2, 0) is 23.7 Å². The van der Waals surface area contributed by atoms with E-state index in [1.54, 1.807) is 13.8 Å². The Balaban J connectivity index is 2.09. The summed E-state index contributed by atoms with van der Waals surface area (Å²) < 4.78 is 27.1. The van der Waals surface area contributed by atoms with Gasteiger partial charge in [-0.2, -0.15) is 0 Å². The number of aliphatic hydroxyl groups excluding tert-OH is 7.